The maximum absolute atomic E-state index is 12.4. The van der Waals surface area contributed by atoms with Gasteiger partial charge in [-0.1, -0.05) is 13.0 Å². The summed E-state index contributed by atoms with van der Waals surface area (Å²) in [6.07, 6.45) is 0. The molecule has 0 aromatic heterocycles. The van der Waals surface area contributed by atoms with Crippen LogP contribution in [0.15, 0.2) is 18.2 Å². The number of nitrogen functional groups attached to an aromatic ring is 1. The number of carbonyl (C=O) groups is 1. The number of carbonyl (C=O) groups excluding carboxylic acids is 1. The minimum absolute atomic E-state index is 0.0552. The van der Waals surface area contributed by atoms with E-state index < -0.39 is 4.92 Å². The lowest BCUT2D eigenvalue weighted by Gasteiger charge is -2.34. The van der Waals surface area contributed by atoms with Gasteiger partial charge in [0.15, 0.2) is 0 Å². The molecule has 1 aliphatic rings. The first kappa shape index (κ1) is 14.3. The van der Waals surface area contributed by atoms with Crippen molar-refractivity contribution in [1.29, 1.82) is 0 Å². The Morgan fingerprint density at radius 1 is 1.35 bits per heavy atom. The maximum atomic E-state index is 12.4. The number of likely N-dealkylation sites (N-methyl/N-ethyl adjacent to an activating group) is 1. The van der Waals surface area contributed by atoms with Crippen LogP contribution < -0.4 is 5.73 Å². The molecule has 2 N–H and O–H groups in total. The summed E-state index contributed by atoms with van der Waals surface area (Å²) in [5.41, 5.74) is 5.68. The third-order valence-corrected chi connectivity index (χ3v) is 3.62. The lowest BCUT2D eigenvalue weighted by atomic mass is 10.1. The van der Waals surface area contributed by atoms with Crippen LogP contribution >= 0.6 is 0 Å². The molecule has 7 nitrogen and oxygen atoms in total. The van der Waals surface area contributed by atoms with Crippen LogP contribution in [0.25, 0.3) is 0 Å². The number of nitro groups is 1. The Morgan fingerprint density at radius 3 is 2.55 bits per heavy atom. The summed E-state index contributed by atoms with van der Waals surface area (Å²) in [7, 11) is 0. The Labute approximate surface area is 117 Å². The summed E-state index contributed by atoms with van der Waals surface area (Å²) in [5, 5.41) is 10.8. The van der Waals surface area contributed by atoms with Crippen molar-refractivity contribution in [2.45, 2.75) is 6.92 Å². The lowest BCUT2D eigenvalue weighted by molar-refractivity contribution is -0.383. The predicted molar refractivity (Wildman–Crippen MR) is 75.5 cm³/mol. The van der Waals surface area contributed by atoms with E-state index in [9.17, 15) is 14.9 Å². The molecule has 7 heteroatoms. The van der Waals surface area contributed by atoms with Crippen molar-refractivity contribution in [2.24, 2.45) is 0 Å². The standard InChI is InChI=1S/C13H18N4O3/c1-2-15-6-8-16(9-7-15)13(18)10-4-3-5-11(12(10)14)17(19)20/h3-5H,2,6-9,14H2,1H3. The Kier molecular flexibility index (Phi) is 4.19. The van der Waals surface area contributed by atoms with E-state index in [2.05, 4.69) is 11.8 Å². The number of hydrogen-bond donors (Lipinski definition) is 1. The first-order valence-corrected chi connectivity index (χ1v) is 6.59. The maximum Gasteiger partial charge on any atom is 0.292 e. The number of amides is 1. The van der Waals surface area contributed by atoms with Crippen molar-refractivity contribution in [1.82, 2.24) is 9.80 Å². The molecule has 1 heterocycles. The molecule has 1 amide bonds. The fourth-order valence-electron chi connectivity index (χ4n) is 2.34. The molecule has 1 aromatic carbocycles. The van der Waals surface area contributed by atoms with Crippen molar-refractivity contribution in [2.75, 3.05) is 38.5 Å². The van der Waals surface area contributed by atoms with Gasteiger partial charge >= 0.3 is 0 Å². The Morgan fingerprint density at radius 2 is 2.00 bits per heavy atom. The van der Waals surface area contributed by atoms with Crippen LogP contribution in [0.1, 0.15) is 17.3 Å². The van der Waals surface area contributed by atoms with Crippen LogP contribution in [-0.4, -0.2) is 53.4 Å². The molecule has 20 heavy (non-hydrogen) atoms. The normalized spacial score (nSPS) is 16.1. The van der Waals surface area contributed by atoms with Crippen molar-refractivity contribution in [3.63, 3.8) is 0 Å². The van der Waals surface area contributed by atoms with Crippen LogP contribution in [0, 0.1) is 10.1 Å². The Balaban J connectivity index is 2.18. The van der Waals surface area contributed by atoms with Crippen molar-refractivity contribution in [3.8, 4) is 0 Å². The van der Waals surface area contributed by atoms with Crippen LogP contribution in [0.3, 0.4) is 0 Å². The van der Waals surface area contributed by atoms with Crippen molar-refractivity contribution in [3.05, 3.63) is 33.9 Å². The topological polar surface area (TPSA) is 92.7 Å². The van der Waals surface area contributed by atoms with Gasteiger partial charge in [0.2, 0.25) is 0 Å². The molecule has 0 aliphatic carbocycles. The molecule has 0 atom stereocenters. The number of para-hydroxylation sites is 1. The van der Waals surface area contributed by atoms with E-state index in [1.54, 1.807) is 4.90 Å². The molecule has 1 fully saturated rings. The van der Waals surface area contributed by atoms with Crippen molar-refractivity contribution < 1.29 is 9.72 Å². The van der Waals surface area contributed by atoms with Gasteiger partial charge in [-0.3, -0.25) is 14.9 Å². The third-order valence-electron chi connectivity index (χ3n) is 3.62. The summed E-state index contributed by atoms with van der Waals surface area (Å²) in [6, 6.07) is 4.34. The molecule has 2 rings (SSSR count). The minimum atomic E-state index is -0.568. The highest BCUT2D eigenvalue weighted by Gasteiger charge is 2.25. The molecule has 0 unspecified atom stereocenters. The fourth-order valence-corrected chi connectivity index (χ4v) is 2.34. The molecule has 0 saturated carbocycles. The lowest BCUT2D eigenvalue weighted by Crippen LogP contribution is -2.48. The van der Waals surface area contributed by atoms with E-state index in [1.807, 2.05) is 0 Å². The molecule has 0 radical (unpaired) electrons. The largest absolute Gasteiger partial charge is 0.393 e. The number of nitrogens with zero attached hydrogens (tertiary/aromatic N) is 3. The average molecular weight is 278 g/mol. The van der Waals surface area contributed by atoms with E-state index in [0.717, 1.165) is 19.6 Å². The first-order chi connectivity index (χ1) is 9.54. The number of nitro benzene ring substituents is 1. The zero-order valence-electron chi connectivity index (χ0n) is 11.4. The second-order valence-electron chi connectivity index (χ2n) is 4.72. The van der Waals surface area contributed by atoms with E-state index in [4.69, 9.17) is 5.73 Å². The Bertz CT molecular complexity index is 524. The molecule has 1 aromatic rings. The van der Waals surface area contributed by atoms with Crippen LogP contribution in [-0.2, 0) is 0 Å². The van der Waals surface area contributed by atoms with Gasteiger partial charge < -0.3 is 15.5 Å². The molecule has 108 valence electrons. The summed E-state index contributed by atoms with van der Waals surface area (Å²) in [6.45, 7) is 5.91. The second kappa shape index (κ2) is 5.87. The number of nitrogens with two attached hydrogens (primary N) is 1. The predicted octanol–water partition coefficient (Wildman–Crippen LogP) is 0.955. The first-order valence-electron chi connectivity index (χ1n) is 6.59. The molecule has 1 aliphatic heterocycles. The van der Waals surface area contributed by atoms with E-state index in [0.29, 0.717) is 13.1 Å². The van der Waals surface area contributed by atoms with Gasteiger partial charge in [0.05, 0.1) is 10.5 Å². The van der Waals surface area contributed by atoms with Gasteiger partial charge in [0.1, 0.15) is 5.69 Å². The third kappa shape index (κ3) is 2.72. The smallest absolute Gasteiger partial charge is 0.292 e. The van der Waals surface area contributed by atoms with Crippen LogP contribution in [0.5, 0.6) is 0 Å². The van der Waals surface area contributed by atoms with E-state index >= 15 is 0 Å². The number of piperazine rings is 1. The molecule has 0 bridgehead atoms. The summed E-state index contributed by atoms with van der Waals surface area (Å²) >= 11 is 0. The number of hydrogen-bond acceptors (Lipinski definition) is 5. The van der Waals surface area contributed by atoms with E-state index in [1.165, 1.54) is 18.2 Å². The second-order valence-corrected chi connectivity index (χ2v) is 4.72. The summed E-state index contributed by atoms with van der Waals surface area (Å²) in [4.78, 5) is 26.6. The van der Waals surface area contributed by atoms with Gasteiger partial charge in [-0.05, 0) is 12.6 Å². The SMILES string of the molecule is CCN1CCN(C(=O)c2cccc([N+](=O)[O-])c2N)CC1. The highest BCUT2D eigenvalue weighted by atomic mass is 16.6. The number of benzene rings is 1. The summed E-state index contributed by atoms with van der Waals surface area (Å²) in [5.74, 6) is -0.234. The van der Waals surface area contributed by atoms with Gasteiger partial charge in [0.25, 0.3) is 11.6 Å². The minimum Gasteiger partial charge on any atom is -0.393 e. The monoisotopic (exact) mass is 278 g/mol. The van der Waals surface area contributed by atoms with Gasteiger partial charge in [-0.25, -0.2) is 0 Å². The van der Waals surface area contributed by atoms with Crippen LogP contribution in [0.4, 0.5) is 11.4 Å². The highest BCUT2D eigenvalue weighted by molar-refractivity contribution is 6.01. The molecule has 0 spiro atoms. The zero-order valence-corrected chi connectivity index (χ0v) is 11.4. The van der Waals surface area contributed by atoms with Gasteiger partial charge in [-0.15, -0.1) is 0 Å². The zero-order chi connectivity index (χ0) is 14.7. The van der Waals surface area contributed by atoms with Gasteiger partial charge in [-0.2, -0.15) is 0 Å². The van der Waals surface area contributed by atoms with Gasteiger partial charge in [0, 0.05) is 32.2 Å². The highest BCUT2D eigenvalue weighted by Crippen LogP contribution is 2.26. The van der Waals surface area contributed by atoms with E-state index in [-0.39, 0.29) is 22.8 Å². The van der Waals surface area contributed by atoms with Crippen LogP contribution in [0.2, 0.25) is 0 Å². The molecular formula is C13H18N4O3. The summed E-state index contributed by atoms with van der Waals surface area (Å²) < 4.78 is 0. The number of anilines is 1. The molecular weight excluding hydrogens is 260 g/mol. The number of rotatable bonds is 3. The quantitative estimate of drug-likeness (QED) is 0.505. The fraction of sp³-hybridized carbons (Fsp3) is 0.462. The average Bonchev–Trinajstić information content (AvgIpc) is 2.46. The molecule has 1 saturated heterocycles. The Hall–Kier alpha value is -2.15. The van der Waals surface area contributed by atoms with Crippen molar-refractivity contribution >= 4 is 17.3 Å².